The summed E-state index contributed by atoms with van der Waals surface area (Å²) >= 11 is 0. The Labute approximate surface area is 233 Å². The molecule has 1 atom stereocenters. The number of methoxy groups -OCH3 is 1. The van der Waals surface area contributed by atoms with Crippen LogP contribution in [0.25, 0.3) is 10.9 Å². The third kappa shape index (κ3) is 3.81. The van der Waals surface area contributed by atoms with Crippen molar-refractivity contribution in [2.75, 3.05) is 56.7 Å². The lowest BCUT2D eigenvalue weighted by molar-refractivity contribution is -0.132. The number of carbonyl (C=O) groups is 2. The Hall–Kier alpha value is -4.46. The van der Waals surface area contributed by atoms with E-state index in [1.54, 1.807) is 7.11 Å². The van der Waals surface area contributed by atoms with Crippen LogP contribution in [0.2, 0.25) is 0 Å². The molecular weight excluding hydrogens is 502 g/mol. The fraction of sp³-hybridized carbons (Fsp3) is 0.312. The molecule has 8 nitrogen and oxygen atoms in total. The van der Waals surface area contributed by atoms with Crippen LogP contribution < -0.4 is 14.5 Å². The molecule has 3 aromatic carbocycles. The molecule has 3 aliphatic heterocycles. The highest BCUT2D eigenvalue weighted by Crippen LogP contribution is 2.44. The van der Waals surface area contributed by atoms with Gasteiger partial charge in [-0.2, -0.15) is 0 Å². The largest absolute Gasteiger partial charge is 0.497 e. The van der Waals surface area contributed by atoms with Crippen molar-refractivity contribution in [1.82, 2.24) is 14.4 Å². The standard InChI is InChI=1S/C32H33N5O3/c1-33-27-9-5-4-8-26(27)32(39)36-16-15-25-24-7-3-6-10-28(24)37(30(25)31(33)36)21-29(38)35-19-17-34(18-20-35)22-11-13-23(40-2)14-12-22/h3-14,31H,15-21H2,1-2H3/t31-/m0/s1. The zero-order valence-corrected chi connectivity index (χ0v) is 22.9. The molecule has 0 radical (unpaired) electrons. The van der Waals surface area contributed by atoms with Crippen molar-refractivity contribution < 1.29 is 14.3 Å². The van der Waals surface area contributed by atoms with Crippen molar-refractivity contribution in [1.29, 1.82) is 0 Å². The lowest BCUT2D eigenvalue weighted by Gasteiger charge is -2.46. The maximum absolute atomic E-state index is 13.8. The summed E-state index contributed by atoms with van der Waals surface area (Å²) in [6.45, 7) is 3.83. The number of hydrogen-bond donors (Lipinski definition) is 0. The number of rotatable bonds is 4. The first-order valence-electron chi connectivity index (χ1n) is 13.9. The molecule has 8 heteroatoms. The number of nitrogens with zero attached hydrogens (tertiary/aromatic N) is 5. The van der Waals surface area contributed by atoms with Gasteiger partial charge in [0.2, 0.25) is 5.91 Å². The molecule has 1 aromatic heterocycles. The molecule has 0 unspecified atom stereocenters. The van der Waals surface area contributed by atoms with E-state index in [-0.39, 0.29) is 24.5 Å². The summed E-state index contributed by atoms with van der Waals surface area (Å²) in [6, 6.07) is 24.3. The van der Waals surface area contributed by atoms with Crippen molar-refractivity contribution in [3.05, 3.63) is 89.6 Å². The van der Waals surface area contributed by atoms with Gasteiger partial charge in [0.25, 0.3) is 5.91 Å². The van der Waals surface area contributed by atoms with E-state index in [0.717, 1.165) is 53.4 Å². The van der Waals surface area contributed by atoms with Gasteiger partial charge in [-0.3, -0.25) is 9.59 Å². The average Bonchev–Trinajstić information content (AvgIpc) is 3.33. The van der Waals surface area contributed by atoms with Crippen LogP contribution >= 0.6 is 0 Å². The van der Waals surface area contributed by atoms with Crippen LogP contribution in [0.15, 0.2) is 72.8 Å². The van der Waals surface area contributed by atoms with E-state index in [2.05, 4.69) is 51.7 Å². The number of hydrogen-bond acceptors (Lipinski definition) is 5. The minimum atomic E-state index is -0.252. The fourth-order valence-corrected chi connectivity index (χ4v) is 6.72. The molecule has 0 bridgehead atoms. The number of para-hydroxylation sites is 2. The molecule has 0 aliphatic carbocycles. The number of benzene rings is 3. The topological polar surface area (TPSA) is 61.3 Å². The van der Waals surface area contributed by atoms with Crippen molar-refractivity contribution in [2.45, 2.75) is 19.1 Å². The second kappa shape index (κ2) is 9.62. The van der Waals surface area contributed by atoms with Gasteiger partial charge >= 0.3 is 0 Å². The molecule has 1 saturated heterocycles. The Morgan fingerprint density at radius 2 is 1.62 bits per heavy atom. The van der Waals surface area contributed by atoms with E-state index in [0.29, 0.717) is 19.6 Å². The second-order valence-corrected chi connectivity index (χ2v) is 10.8. The lowest BCUT2D eigenvalue weighted by atomic mass is 9.96. The summed E-state index contributed by atoms with van der Waals surface area (Å²) < 4.78 is 7.47. The van der Waals surface area contributed by atoms with E-state index in [4.69, 9.17) is 4.74 Å². The fourth-order valence-electron chi connectivity index (χ4n) is 6.72. The monoisotopic (exact) mass is 535 g/mol. The number of amides is 2. The number of fused-ring (bicyclic) bond motifs is 6. The minimum absolute atomic E-state index is 0.0575. The highest BCUT2D eigenvalue weighted by atomic mass is 16.5. The summed E-state index contributed by atoms with van der Waals surface area (Å²) in [6.07, 6.45) is 0.522. The van der Waals surface area contributed by atoms with Gasteiger partial charge in [0.1, 0.15) is 18.5 Å². The zero-order chi connectivity index (χ0) is 27.4. The Morgan fingerprint density at radius 3 is 2.40 bits per heavy atom. The predicted molar refractivity (Wildman–Crippen MR) is 156 cm³/mol. The number of ether oxygens (including phenoxy) is 1. The maximum Gasteiger partial charge on any atom is 0.257 e. The normalized spacial score (nSPS) is 18.4. The molecule has 3 aliphatic rings. The van der Waals surface area contributed by atoms with Gasteiger partial charge in [-0.15, -0.1) is 0 Å². The second-order valence-electron chi connectivity index (χ2n) is 10.8. The maximum atomic E-state index is 13.8. The predicted octanol–water partition coefficient (Wildman–Crippen LogP) is 4.15. The molecule has 40 heavy (non-hydrogen) atoms. The van der Waals surface area contributed by atoms with Crippen LogP contribution in [-0.4, -0.2) is 73.1 Å². The van der Waals surface area contributed by atoms with Crippen molar-refractivity contribution in [3.8, 4) is 5.75 Å². The Morgan fingerprint density at radius 1 is 0.900 bits per heavy atom. The molecule has 0 spiro atoms. The third-order valence-corrected chi connectivity index (χ3v) is 8.77. The Balaban J connectivity index is 1.18. The van der Waals surface area contributed by atoms with Crippen LogP contribution in [0.4, 0.5) is 11.4 Å². The lowest BCUT2D eigenvalue weighted by Crippen LogP contribution is -2.52. The average molecular weight is 536 g/mol. The van der Waals surface area contributed by atoms with Crippen LogP contribution in [0.3, 0.4) is 0 Å². The van der Waals surface area contributed by atoms with Crippen molar-refractivity contribution in [3.63, 3.8) is 0 Å². The minimum Gasteiger partial charge on any atom is -0.497 e. The molecule has 1 fully saturated rings. The number of carbonyl (C=O) groups excluding carboxylic acids is 2. The first kappa shape index (κ1) is 24.6. The van der Waals surface area contributed by atoms with Gasteiger partial charge in [0, 0.05) is 56.4 Å². The summed E-state index contributed by atoms with van der Waals surface area (Å²) in [7, 11) is 3.73. The smallest absolute Gasteiger partial charge is 0.257 e. The SMILES string of the molecule is COc1ccc(N2CCN(C(=O)Cn3c4c(c5ccccc53)CCN3C(=O)c5ccccc5N(C)[C@H]43)CC2)cc1. The molecular formula is C32H33N5O3. The van der Waals surface area contributed by atoms with E-state index in [1.807, 2.05) is 52.3 Å². The molecule has 204 valence electrons. The van der Waals surface area contributed by atoms with Crippen LogP contribution in [0.5, 0.6) is 5.75 Å². The molecule has 7 rings (SSSR count). The summed E-state index contributed by atoms with van der Waals surface area (Å²) in [5, 5.41) is 1.17. The van der Waals surface area contributed by atoms with Gasteiger partial charge in [0.15, 0.2) is 0 Å². The summed E-state index contributed by atoms with van der Waals surface area (Å²) in [4.78, 5) is 35.9. The van der Waals surface area contributed by atoms with Crippen LogP contribution in [0.1, 0.15) is 27.8 Å². The third-order valence-electron chi connectivity index (χ3n) is 8.77. The Bertz CT molecular complexity index is 1600. The molecule has 0 N–H and O–H groups in total. The first-order chi connectivity index (χ1) is 19.5. The van der Waals surface area contributed by atoms with Gasteiger partial charge in [-0.05, 0) is 54.4 Å². The van der Waals surface area contributed by atoms with E-state index < -0.39 is 0 Å². The van der Waals surface area contributed by atoms with E-state index >= 15 is 0 Å². The van der Waals surface area contributed by atoms with Gasteiger partial charge < -0.3 is 28.9 Å². The van der Waals surface area contributed by atoms with Crippen molar-refractivity contribution >= 4 is 34.1 Å². The highest BCUT2D eigenvalue weighted by molar-refractivity contribution is 6.02. The molecule has 4 aromatic rings. The van der Waals surface area contributed by atoms with Crippen LogP contribution in [-0.2, 0) is 17.8 Å². The van der Waals surface area contributed by atoms with E-state index in [1.165, 1.54) is 10.9 Å². The van der Waals surface area contributed by atoms with Crippen LogP contribution in [0, 0.1) is 0 Å². The van der Waals surface area contributed by atoms with Gasteiger partial charge in [-0.25, -0.2) is 0 Å². The molecule has 4 heterocycles. The Kier molecular flexibility index (Phi) is 5.91. The number of aromatic nitrogens is 1. The quantitative estimate of drug-likeness (QED) is 0.393. The number of anilines is 2. The first-order valence-corrected chi connectivity index (χ1v) is 13.9. The van der Waals surface area contributed by atoms with Crippen molar-refractivity contribution in [2.24, 2.45) is 0 Å². The summed E-state index contributed by atoms with van der Waals surface area (Å²) in [5.74, 6) is 1.01. The molecule has 0 saturated carbocycles. The molecule has 2 amide bonds. The highest BCUT2D eigenvalue weighted by Gasteiger charge is 2.43. The number of piperazine rings is 1. The van der Waals surface area contributed by atoms with E-state index in [9.17, 15) is 9.59 Å². The summed E-state index contributed by atoms with van der Waals surface area (Å²) in [5.41, 5.74) is 6.16. The van der Waals surface area contributed by atoms with Gasteiger partial charge in [0.05, 0.1) is 24.1 Å². The zero-order valence-electron chi connectivity index (χ0n) is 22.9. The van der Waals surface area contributed by atoms with Gasteiger partial charge in [-0.1, -0.05) is 30.3 Å².